The first-order valence-corrected chi connectivity index (χ1v) is 6.07. The van der Waals surface area contributed by atoms with Crippen LogP contribution in [0.4, 0.5) is 5.69 Å². The molecule has 0 aliphatic heterocycles. The fraction of sp³-hybridized carbons (Fsp3) is 0.133. The van der Waals surface area contributed by atoms with Crippen molar-refractivity contribution < 1.29 is 9.53 Å². The molecule has 4 heteroatoms. The van der Waals surface area contributed by atoms with Crippen molar-refractivity contribution in [2.75, 3.05) is 5.73 Å². The number of rotatable bonds is 4. The van der Waals surface area contributed by atoms with Gasteiger partial charge in [0.05, 0.1) is 11.3 Å². The fourth-order valence-electron chi connectivity index (χ4n) is 1.80. The van der Waals surface area contributed by atoms with E-state index in [0.717, 1.165) is 6.42 Å². The first-order valence-electron chi connectivity index (χ1n) is 6.07. The number of nitrogens with two attached hydrogens (primary N) is 2. The lowest BCUT2D eigenvalue weighted by molar-refractivity contribution is 0.100. The minimum Gasteiger partial charge on any atom is -0.455 e. The first kappa shape index (κ1) is 13.0. The number of aryl methyl sites for hydroxylation is 1. The molecule has 2 aromatic rings. The van der Waals surface area contributed by atoms with Crippen LogP contribution in [-0.2, 0) is 6.42 Å². The minimum atomic E-state index is -0.565. The lowest BCUT2D eigenvalue weighted by atomic mass is 10.1. The van der Waals surface area contributed by atoms with Crippen molar-refractivity contribution in [3.63, 3.8) is 0 Å². The van der Waals surface area contributed by atoms with Gasteiger partial charge in [-0.2, -0.15) is 0 Å². The van der Waals surface area contributed by atoms with Crippen molar-refractivity contribution in [3.05, 3.63) is 53.6 Å². The van der Waals surface area contributed by atoms with Crippen LogP contribution in [0, 0.1) is 0 Å². The van der Waals surface area contributed by atoms with Crippen LogP contribution in [0.1, 0.15) is 22.8 Å². The van der Waals surface area contributed by atoms with Crippen LogP contribution in [0.15, 0.2) is 42.5 Å². The van der Waals surface area contributed by atoms with Gasteiger partial charge in [0.15, 0.2) is 5.75 Å². The maximum absolute atomic E-state index is 11.2. The van der Waals surface area contributed by atoms with E-state index in [4.69, 9.17) is 16.2 Å². The van der Waals surface area contributed by atoms with Crippen LogP contribution < -0.4 is 16.2 Å². The van der Waals surface area contributed by atoms with Gasteiger partial charge in [0.2, 0.25) is 0 Å². The van der Waals surface area contributed by atoms with Gasteiger partial charge in [-0.25, -0.2) is 0 Å². The quantitative estimate of drug-likeness (QED) is 0.825. The van der Waals surface area contributed by atoms with E-state index in [1.165, 1.54) is 5.56 Å². The normalized spacial score (nSPS) is 10.2. The number of hydrogen-bond donors (Lipinski definition) is 2. The molecule has 4 nitrogen and oxygen atoms in total. The van der Waals surface area contributed by atoms with Crippen LogP contribution in [0.2, 0.25) is 0 Å². The fourth-order valence-corrected chi connectivity index (χ4v) is 1.80. The van der Waals surface area contributed by atoms with E-state index in [9.17, 15) is 4.79 Å². The number of nitrogen functional groups attached to an aromatic ring is 1. The highest BCUT2D eigenvalue weighted by Gasteiger charge is 2.11. The number of anilines is 1. The maximum Gasteiger partial charge on any atom is 0.250 e. The molecule has 0 fully saturated rings. The third kappa shape index (κ3) is 2.85. The average molecular weight is 256 g/mol. The SMILES string of the molecule is CCc1cccc(Oc2cccc(C(N)=O)c2N)c1. The summed E-state index contributed by atoms with van der Waals surface area (Å²) in [6.07, 6.45) is 0.925. The van der Waals surface area contributed by atoms with Crippen molar-refractivity contribution in [1.82, 2.24) is 0 Å². The molecule has 0 aromatic heterocycles. The summed E-state index contributed by atoms with van der Waals surface area (Å²) in [7, 11) is 0. The molecule has 0 saturated carbocycles. The number of carbonyl (C=O) groups is 1. The molecule has 0 saturated heterocycles. The van der Waals surface area contributed by atoms with E-state index in [1.807, 2.05) is 24.3 Å². The van der Waals surface area contributed by atoms with E-state index in [1.54, 1.807) is 18.2 Å². The van der Waals surface area contributed by atoms with Gasteiger partial charge >= 0.3 is 0 Å². The van der Waals surface area contributed by atoms with Crippen molar-refractivity contribution in [3.8, 4) is 11.5 Å². The van der Waals surface area contributed by atoms with Gasteiger partial charge in [-0.05, 0) is 36.2 Å². The standard InChI is InChI=1S/C15H16N2O2/c1-2-10-5-3-6-11(9-10)19-13-8-4-7-12(14(13)16)15(17)18/h3-9H,2,16H2,1H3,(H2,17,18). The van der Waals surface area contributed by atoms with Crippen LogP contribution in [0.3, 0.4) is 0 Å². The lowest BCUT2D eigenvalue weighted by Crippen LogP contribution is -2.13. The van der Waals surface area contributed by atoms with E-state index in [0.29, 0.717) is 11.5 Å². The summed E-state index contributed by atoms with van der Waals surface area (Å²) >= 11 is 0. The second-order valence-corrected chi connectivity index (χ2v) is 4.18. The molecular weight excluding hydrogens is 240 g/mol. The topological polar surface area (TPSA) is 78.3 Å². The average Bonchev–Trinajstić information content (AvgIpc) is 2.41. The van der Waals surface area contributed by atoms with Gasteiger partial charge in [0.25, 0.3) is 5.91 Å². The number of carbonyl (C=O) groups excluding carboxylic acids is 1. The number of amides is 1. The van der Waals surface area contributed by atoms with Gasteiger partial charge < -0.3 is 16.2 Å². The summed E-state index contributed by atoms with van der Waals surface area (Å²) in [6.45, 7) is 2.07. The molecule has 0 unspecified atom stereocenters. The lowest BCUT2D eigenvalue weighted by Gasteiger charge is -2.11. The molecule has 4 N–H and O–H groups in total. The highest BCUT2D eigenvalue weighted by atomic mass is 16.5. The molecule has 0 aliphatic carbocycles. The molecule has 0 aliphatic rings. The number of primary amides is 1. The highest BCUT2D eigenvalue weighted by molar-refractivity contribution is 5.99. The largest absolute Gasteiger partial charge is 0.455 e. The molecule has 1 amide bonds. The van der Waals surface area contributed by atoms with Crippen LogP contribution in [0.5, 0.6) is 11.5 Å². The van der Waals surface area contributed by atoms with Gasteiger partial charge in [-0.3, -0.25) is 4.79 Å². The number of ether oxygens (including phenoxy) is 1. The summed E-state index contributed by atoms with van der Waals surface area (Å²) in [4.78, 5) is 11.2. The zero-order valence-corrected chi connectivity index (χ0v) is 10.7. The Morgan fingerprint density at radius 1 is 1.21 bits per heavy atom. The Balaban J connectivity index is 2.33. The molecule has 19 heavy (non-hydrogen) atoms. The predicted molar refractivity (Wildman–Crippen MR) is 75.3 cm³/mol. The van der Waals surface area contributed by atoms with Gasteiger partial charge in [0, 0.05) is 0 Å². The summed E-state index contributed by atoms with van der Waals surface area (Å²) in [5, 5.41) is 0. The molecule has 0 bridgehead atoms. The van der Waals surface area contributed by atoms with Crippen molar-refractivity contribution in [2.24, 2.45) is 5.73 Å². The molecule has 2 rings (SSSR count). The molecule has 2 aromatic carbocycles. The van der Waals surface area contributed by atoms with Crippen LogP contribution in [0.25, 0.3) is 0 Å². The molecular formula is C15H16N2O2. The smallest absolute Gasteiger partial charge is 0.250 e. The van der Waals surface area contributed by atoms with Gasteiger partial charge in [-0.1, -0.05) is 25.1 Å². The van der Waals surface area contributed by atoms with Gasteiger partial charge in [0.1, 0.15) is 5.75 Å². The Bertz CT molecular complexity index is 609. The molecule has 98 valence electrons. The second kappa shape index (κ2) is 5.44. The van der Waals surface area contributed by atoms with Crippen molar-refractivity contribution in [2.45, 2.75) is 13.3 Å². The number of para-hydroxylation sites is 1. The second-order valence-electron chi connectivity index (χ2n) is 4.18. The first-order chi connectivity index (χ1) is 9.11. The third-order valence-electron chi connectivity index (χ3n) is 2.87. The molecule has 0 atom stereocenters. The Kier molecular flexibility index (Phi) is 3.71. The minimum absolute atomic E-state index is 0.261. The summed E-state index contributed by atoms with van der Waals surface area (Å²) in [5.74, 6) is 0.558. The van der Waals surface area contributed by atoms with Crippen molar-refractivity contribution >= 4 is 11.6 Å². The van der Waals surface area contributed by atoms with Crippen LogP contribution in [-0.4, -0.2) is 5.91 Å². The third-order valence-corrected chi connectivity index (χ3v) is 2.87. The van der Waals surface area contributed by atoms with E-state index >= 15 is 0 Å². The Hall–Kier alpha value is -2.49. The Morgan fingerprint density at radius 2 is 1.95 bits per heavy atom. The predicted octanol–water partition coefficient (Wildman–Crippen LogP) is 2.72. The maximum atomic E-state index is 11.2. The Labute approximate surface area is 112 Å². The summed E-state index contributed by atoms with van der Waals surface area (Å²) in [5.41, 5.74) is 12.8. The zero-order chi connectivity index (χ0) is 13.8. The molecule has 0 heterocycles. The monoisotopic (exact) mass is 256 g/mol. The summed E-state index contributed by atoms with van der Waals surface area (Å²) < 4.78 is 5.71. The van der Waals surface area contributed by atoms with E-state index in [-0.39, 0.29) is 11.3 Å². The summed E-state index contributed by atoms with van der Waals surface area (Å²) in [6, 6.07) is 12.7. The van der Waals surface area contributed by atoms with E-state index < -0.39 is 5.91 Å². The number of hydrogen-bond acceptors (Lipinski definition) is 3. The Morgan fingerprint density at radius 3 is 2.63 bits per heavy atom. The highest BCUT2D eigenvalue weighted by Crippen LogP contribution is 2.30. The zero-order valence-electron chi connectivity index (χ0n) is 10.7. The van der Waals surface area contributed by atoms with Crippen LogP contribution >= 0.6 is 0 Å². The number of benzene rings is 2. The van der Waals surface area contributed by atoms with Crippen molar-refractivity contribution in [1.29, 1.82) is 0 Å². The van der Waals surface area contributed by atoms with Gasteiger partial charge in [-0.15, -0.1) is 0 Å². The molecule has 0 radical (unpaired) electrons. The molecule has 0 spiro atoms. The van der Waals surface area contributed by atoms with E-state index in [2.05, 4.69) is 6.92 Å².